The molecule has 2 saturated carbocycles. The highest BCUT2D eigenvalue weighted by Crippen LogP contribution is 2.47. The third-order valence-electron chi connectivity index (χ3n) is 6.37. The number of rotatable bonds is 7. The first kappa shape index (κ1) is 16.3. The van der Waals surface area contributed by atoms with E-state index in [0.29, 0.717) is 11.0 Å². The number of nitrogens with two attached hydrogens (primary N) is 1. The predicted molar refractivity (Wildman–Crippen MR) is 87.8 cm³/mol. The van der Waals surface area contributed by atoms with Gasteiger partial charge in [-0.1, -0.05) is 34.1 Å². The molecule has 2 N–H and O–H groups in total. The van der Waals surface area contributed by atoms with E-state index in [1.54, 1.807) is 0 Å². The lowest BCUT2D eigenvalue weighted by molar-refractivity contribution is 0.0109. The number of hydrogen-bond acceptors (Lipinski definition) is 2. The van der Waals surface area contributed by atoms with Gasteiger partial charge in [0.1, 0.15) is 0 Å². The normalized spacial score (nSPS) is 31.8. The Kier molecular flexibility index (Phi) is 5.18. The molecule has 0 spiro atoms. The summed E-state index contributed by atoms with van der Waals surface area (Å²) in [6, 6.07) is 0.856. The van der Waals surface area contributed by atoms with E-state index in [4.69, 9.17) is 5.73 Å². The first-order chi connectivity index (χ1) is 9.49. The standard InChI is InChI=1S/C18H36N2/c1-5-13-20(16-7-8-16)18(14-19)11-9-15(10-12-18)17(3,4)6-2/h15-16H,5-14,19H2,1-4H3. The van der Waals surface area contributed by atoms with E-state index in [9.17, 15) is 0 Å². The summed E-state index contributed by atoms with van der Waals surface area (Å²) < 4.78 is 0. The van der Waals surface area contributed by atoms with Gasteiger partial charge in [0.25, 0.3) is 0 Å². The van der Waals surface area contributed by atoms with E-state index in [-0.39, 0.29) is 0 Å². The summed E-state index contributed by atoms with van der Waals surface area (Å²) in [4.78, 5) is 2.81. The van der Waals surface area contributed by atoms with Gasteiger partial charge in [0.15, 0.2) is 0 Å². The smallest absolute Gasteiger partial charge is 0.0334 e. The maximum Gasteiger partial charge on any atom is 0.0334 e. The molecule has 0 heterocycles. The molecule has 20 heavy (non-hydrogen) atoms. The molecular weight excluding hydrogens is 244 g/mol. The second-order valence-corrected chi connectivity index (χ2v) is 7.97. The van der Waals surface area contributed by atoms with Crippen LogP contribution in [0.3, 0.4) is 0 Å². The van der Waals surface area contributed by atoms with Crippen LogP contribution in [0.2, 0.25) is 0 Å². The van der Waals surface area contributed by atoms with Crippen LogP contribution in [0.5, 0.6) is 0 Å². The first-order valence-electron chi connectivity index (χ1n) is 8.96. The Morgan fingerprint density at radius 3 is 2.10 bits per heavy atom. The fourth-order valence-corrected chi connectivity index (χ4v) is 4.27. The van der Waals surface area contributed by atoms with Gasteiger partial charge < -0.3 is 5.73 Å². The third kappa shape index (κ3) is 3.22. The van der Waals surface area contributed by atoms with E-state index in [1.165, 1.54) is 57.9 Å². The van der Waals surface area contributed by atoms with Gasteiger partial charge in [0.05, 0.1) is 0 Å². The van der Waals surface area contributed by atoms with Crippen LogP contribution in [0.1, 0.15) is 79.1 Å². The molecule has 0 unspecified atom stereocenters. The molecule has 0 aliphatic heterocycles. The largest absolute Gasteiger partial charge is 0.329 e. The zero-order valence-corrected chi connectivity index (χ0v) is 14.3. The van der Waals surface area contributed by atoms with Crippen LogP contribution in [0.15, 0.2) is 0 Å². The van der Waals surface area contributed by atoms with Crippen molar-refractivity contribution in [1.82, 2.24) is 4.90 Å². The first-order valence-corrected chi connectivity index (χ1v) is 8.96. The van der Waals surface area contributed by atoms with Crippen LogP contribution in [0, 0.1) is 11.3 Å². The van der Waals surface area contributed by atoms with Crippen LogP contribution in [-0.4, -0.2) is 29.6 Å². The summed E-state index contributed by atoms with van der Waals surface area (Å²) in [5.41, 5.74) is 7.12. The molecule has 2 aliphatic rings. The van der Waals surface area contributed by atoms with Crippen LogP contribution >= 0.6 is 0 Å². The molecule has 0 aromatic heterocycles. The van der Waals surface area contributed by atoms with Crippen molar-refractivity contribution in [2.75, 3.05) is 13.1 Å². The van der Waals surface area contributed by atoms with Gasteiger partial charge in [-0.05, 0) is 62.8 Å². The van der Waals surface area contributed by atoms with Crippen molar-refractivity contribution in [2.24, 2.45) is 17.1 Å². The monoisotopic (exact) mass is 280 g/mol. The van der Waals surface area contributed by atoms with Crippen molar-refractivity contribution in [3.8, 4) is 0 Å². The molecule has 0 saturated heterocycles. The summed E-state index contributed by atoms with van der Waals surface area (Å²) in [6.07, 6.45) is 10.8. The minimum Gasteiger partial charge on any atom is -0.329 e. The Balaban J connectivity index is 2.03. The molecule has 118 valence electrons. The second kappa shape index (κ2) is 6.36. The average molecular weight is 280 g/mol. The molecule has 2 aliphatic carbocycles. The fraction of sp³-hybridized carbons (Fsp3) is 1.00. The molecule has 0 atom stereocenters. The zero-order valence-electron chi connectivity index (χ0n) is 14.3. The molecular formula is C18H36N2. The predicted octanol–water partition coefficient (Wildman–Crippen LogP) is 4.18. The van der Waals surface area contributed by atoms with E-state index < -0.39 is 0 Å². The fourth-order valence-electron chi connectivity index (χ4n) is 4.27. The molecule has 0 radical (unpaired) electrons. The topological polar surface area (TPSA) is 29.3 Å². The van der Waals surface area contributed by atoms with Crippen molar-refractivity contribution >= 4 is 0 Å². The maximum atomic E-state index is 6.28. The van der Waals surface area contributed by atoms with Gasteiger partial charge in [-0.25, -0.2) is 0 Å². The van der Waals surface area contributed by atoms with Crippen LogP contribution in [0.4, 0.5) is 0 Å². The van der Waals surface area contributed by atoms with E-state index >= 15 is 0 Å². The Morgan fingerprint density at radius 2 is 1.70 bits per heavy atom. The molecule has 2 fully saturated rings. The molecule has 0 bridgehead atoms. The molecule has 2 heteroatoms. The Bertz CT molecular complexity index is 299. The lowest BCUT2D eigenvalue weighted by atomic mass is 9.65. The van der Waals surface area contributed by atoms with Gasteiger partial charge in [-0.15, -0.1) is 0 Å². The van der Waals surface area contributed by atoms with Crippen molar-refractivity contribution in [2.45, 2.75) is 90.6 Å². The average Bonchev–Trinajstić information content (AvgIpc) is 3.29. The Hall–Kier alpha value is -0.0800. The van der Waals surface area contributed by atoms with Gasteiger partial charge in [-0.3, -0.25) is 4.90 Å². The Morgan fingerprint density at radius 1 is 1.10 bits per heavy atom. The lowest BCUT2D eigenvalue weighted by Crippen LogP contribution is -2.57. The molecule has 2 rings (SSSR count). The van der Waals surface area contributed by atoms with E-state index in [1.807, 2.05) is 0 Å². The highest BCUT2D eigenvalue weighted by molar-refractivity contribution is 5.02. The van der Waals surface area contributed by atoms with E-state index in [0.717, 1.165) is 18.5 Å². The molecule has 0 amide bonds. The summed E-state index contributed by atoms with van der Waals surface area (Å²) >= 11 is 0. The highest BCUT2D eigenvalue weighted by Gasteiger charge is 2.46. The van der Waals surface area contributed by atoms with Crippen molar-refractivity contribution < 1.29 is 0 Å². The molecule has 0 aromatic rings. The summed E-state index contributed by atoms with van der Waals surface area (Å²) in [5, 5.41) is 0. The minimum absolute atomic E-state index is 0.331. The van der Waals surface area contributed by atoms with Gasteiger partial charge >= 0.3 is 0 Å². The maximum absolute atomic E-state index is 6.28. The summed E-state index contributed by atoms with van der Waals surface area (Å²) in [6.45, 7) is 11.7. The van der Waals surface area contributed by atoms with E-state index in [2.05, 4.69) is 32.6 Å². The summed E-state index contributed by atoms with van der Waals surface area (Å²) in [5.74, 6) is 0.898. The summed E-state index contributed by atoms with van der Waals surface area (Å²) in [7, 11) is 0. The lowest BCUT2D eigenvalue weighted by Gasteiger charge is -2.50. The van der Waals surface area contributed by atoms with Crippen LogP contribution < -0.4 is 5.73 Å². The zero-order chi connectivity index (χ0) is 14.8. The minimum atomic E-state index is 0.331. The van der Waals surface area contributed by atoms with Crippen molar-refractivity contribution in [3.05, 3.63) is 0 Å². The number of nitrogens with zero attached hydrogens (tertiary/aromatic N) is 1. The molecule has 2 nitrogen and oxygen atoms in total. The van der Waals surface area contributed by atoms with Gasteiger partial charge in [0, 0.05) is 18.1 Å². The van der Waals surface area contributed by atoms with Crippen LogP contribution in [-0.2, 0) is 0 Å². The number of hydrogen-bond donors (Lipinski definition) is 1. The quantitative estimate of drug-likeness (QED) is 0.758. The Labute approximate surface area is 126 Å². The second-order valence-electron chi connectivity index (χ2n) is 7.97. The van der Waals surface area contributed by atoms with Gasteiger partial charge in [0.2, 0.25) is 0 Å². The molecule has 0 aromatic carbocycles. The van der Waals surface area contributed by atoms with Crippen molar-refractivity contribution in [1.29, 1.82) is 0 Å². The SMILES string of the molecule is CCCN(C1CC1)C1(CN)CCC(C(C)(C)CC)CC1. The van der Waals surface area contributed by atoms with Crippen LogP contribution in [0.25, 0.3) is 0 Å². The van der Waals surface area contributed by atoms with Crippen molar-refractivity contribution in [3.63, 3.8) is 0 Å². The van der Waals surface area contributed by atoms with Gasteiger partial charge in [-0.2, -0.15) is 0 Å². The highest BCUT2D eigenvalue weighted by atomic mass is 15.3. The third-order valence-corrected chi connectivity index (χ3v) is 6.37.